The van der Waals surface area contributed by atoms with Crippen molar-refractivity contribution < 1.29 is 9.53 Å². The lowest BCUT2D eigenvalue weighted by molar-refractivity contribution is 0.0601. The molecule has 0 spiro atoms. The molecule has 2 rings (SSSR count). The molecule has 0 aliphatic carbocycles. The van der Waals surface area contributed by atoms with Gasteiger partial charge in [0.1, 0.15) is 0 Å². The molecule has 0 aliphatic rings. The van der Waals surface area contributed by atoms with Gasteiger partial charge in [0.2, 0.25) is 0 Å². The van der Waals surface area contributed by atoms with E-state index >= 15 is 0 Å². The van der Waals surface area contributed by atoms with Crippen LogP contribution in [0.15, 0.2) is 35.7 Å². The average Bonchev–Trinajstić information content (AvgIpc) is 2.46. The number of aryl methyl sites for hydroxylation is 1. The summed E-state index contributed by atoms with van der Waals surface area (Å²) >= 11 is 1.45. The van der Waals surface area contributed by atoms with Crippen molar-refractivity contribution in [1.82, 2.24) is 9.97 Å². The van der Waals surface area contributed by atoms with Gasteiger partial charge in [-0.1, -0.05) is 23.9 Å². The second kappa shape index (κ2) is 6.38. The first-order valence-corrected chi connectivity index (χ1v) is 6.97. The summed E-state index contributed by atoms with van der Waals surface area (Å²) < 4.78 is 4.77. The number of hydrogen-bond donors (Lipinski definition) is 1. The van der Waals surface area contributed by atoms with E-state index in [1.165, 1.54) is 18.9 Å². The molecule has 1 heterocycles. The van der Waals surface area contributed by atoms with Crippen LogP contribution in [0, 0.1) is 6.92 Å². The van der Waals surface area contributed by atoms with Crippen LogP contribution < -0.4 is 5.73 Å². The summed E-state index contributed by atoms with van der Waals surface area (Å²) in [5.41, 5.74) is 8.49. The van der Waals surface area contributed by atoms with Gasteiger partial charge in [-0.3, -0.25) is 0 Å². The molecule has 2 N–H and O–H groups in total. The zero-order valence-electron chi connectivity index (χ0n) is 11.3. The predicted octanol–water partition coefficient (Wildman–Crippen LogP) is 2.45. The zero-order valence-corrected chi connectivity index (χ0v) is 12.1. The highest BCUT2D eigenvalue weighted by molar-refractivity contribution is 7.98. The van der Waals surface area contributed by atoms with Crippen LogP contribution in [0.25, 0.3) is 0 Å². The number of benzene rings is 1. The van der Waals surface area contributed by atoms with Crippen molar-refractivity contribution in [2.24, 2.45) is 0 Å². The third-order valence-electron chi connectivity index (χ3n) is 2.69. The highest BCUT2D eigenvalue weighted by Crippen LogP contribution is 2.25. The molecule has 20 heavy (non-hydrogen) atoms. The molecule has 6 heteroatoms. The molecule has 5 nitrogen and oxygen atoms in total. The summed E-state index contributed by atoms with van der Waals surface area (Å²) in [5, 5.41) is 0.661. The lowest BCUT2D eigenvalue weighted by atomic mass is 10.1. The van der Waals surface area contributed by atoms with Gasteiger partial charge >= 0.3 is 5.97 Å². The van der Waals surface area contributed by atoms with Gasteiger partial charge < -0.3 is 10.5 Å². The number of carbonyl (C=O) groups excluding carboxylic acids is 1. The quantitative estimate of drug-likeness (QED) is 0.403. The van der Waals surface area contributed by atoms with Gasteiger partial charge in [0.05, 0.1) is 12.7 Å². The monoisotopic (exact) mass is 289 g/mol. The minimum atomic E-state index is -0.427. The number of hydrogen-bond acceptors (Lipinski definition) is 6. The van der Waals surface area contributed by atoms with Crippen LogP contribution in [-0.2, 0) is 10.5 Å². The van der Waals surface area contributed by atoms with Crippen LogP contribution in [0.2, 0.25) is 0 Å². The lowest BCUT2D eigenvalue weighted by Gasteiger charge is -2.09. The smallest absolute Gasteiger partial charge is 0.340 e. The topological polar surface area (TPSA) is 78.1 Å². The average molecular weight is 289 g/mol. The molecular formula is C14H15N3O2S. The highest BCUT2D eigenvalue weighted by atomic mass is 32.2. The Labute approximate surface area is 121 Å². The summed E-state index contributed by atoms with van der Waals surface area (Å²) in [5.74, 6) is 0.127. The molecule has 0 atom stereocenters. The van der Waals surface area contributed by atoms with Gasteiger partial charge in [-0.2, -0.15) is 0 Å². The van der Waals surface area contributed by atoms with E-state index in [-0.39, 0.29) is 0 Å². The Kier molecular flexibility index (Phi) is 4.57. The Morgan fingerprint density at radius 2 is 2.05 bits per heavy atom. The number of rotatable bonds is 4. The van der Waals surface area contributed by atoms with E-state index in [2.05, 4.69) is 9.97 Å². The maximum Gasteiger partial charge on any atom is 0.340 e. The fraction of sp³-hybridized carbons (Fsp3) is 0.214. The summed E-state index contributed by atoms with van der Waals surface area (Å²) in [6.45, 7) is 1.93. The highest BCUT2D eigenvalue weighted by Gasteiger charge is 2.15. The number of esters is 1. The molecule has 1 aromatic carbocycles. The molecule has 2 aromatic rings. The number of anilines is 1. The minimum absolute atomic E-state index is 0.412. The molecule has 0 saturated carbocycles. The van der Waals surface area contributed by atoms with Gasteiger partial charge in [-0.05, 0) is 24.1 Å². The number of carbonyl (C=O) groups is 1. The lowest BCUT2D eigenvalue weighted by Crippen LogP contribution is -2.09. The van der Waals surface area contributed by atoms with Crippen LogP contribution in [0.4, 0.5) is 5.69 Å². The molecule has 0 radical (unpaired) electrons. The third-order valence-corrected chi connectivity index (χ3v) is 3.61. The van der Waals surface area contributed by atoms with Crippen LogP contribution in [0.3, 0.4) is 0 Å². The SMILES string of the molecule is COC(=O)c1c(N)cccc1CSc1ncc(C)cn1. The van der Waals surface area contributed by atoms with Gasteiger partial charge in [0.15, 0.2) is 5.16 Å². The fourth-order valence-corrected chi connectivity index (χ4v) is 2.47. The zero-order chi connectivity index (χ0) is 14.5. The Bertz CT molecular complexity index is 614. The normalized spacial score (nSPS) is 10.3. The number of methoxy groups -OCH3 is 1. The van der Waals surface area contributed by atoms with Crippen molar-refractivity contribution in [2.45, 2.75) is 17.8 Å². The van der Waals surface area contributed by atoms with Crippen molar-refractivity contribution in [3.05, 3.63) is 47.3 Å². The molecule has 0 unspecified atom stereocenters. The predicted molar refractivity (Wildman–Crippen MR) is 78.5 cm³/mol. The standard InChI is InChI=1S/C14H15N3O2S/c1-9-6-16-14(17-7-9)20-8-10-4-3-5-11(15)12(10)13(18)19-2/h3-7H,8,15H2,1-2H3. The van der Waals surface area contributed by atoms with Crippen molar-refractivity contribution in [1.29, 1.82) is 0 Å². The summed E-state index contributed by atoms with van der Waals surface area (Å²) in [4.78, 5) is 20.2. The van der Waals surface area contributed by atoms with Gasteiger partial charge in [-0.15, -0.1) is 0 Å². The van der Waals surface area contributed by atoms with Crippen molar-refractivity contribution in [3.8, 4) is 0 Å². The maximum absolute atomic E-state index is 11.8. The maximum atomic E-state index is 11.8. The van der Waals surface area contributed by atoms with E-state index in [4.69, 9.17) is 10.5 Å². The largest absolute Gasteiger partial charge is 0.465 e. The van der Waals surface area contributed by atoms with E-state index in [0.29, 0.717) is 22.2 Å². The molecule has 1 aromatic heterocycles. The Morgan fingerprint density at radius 1 is 1.35 bits per heavy atom. The van der Waals surface area contributed by atoms with Crippen LogP contribution >= 0.6 is 11.8 Å². The van der Waals surface area contributed by atoms with Crippen molar-refractivity contribution >= 4 is 23.4 Å². The first kappa shape index (κ1) is 14.3. The van der Waals surface area contributed by atoms with Gasteiger partial charge in [-0.25, -0.2) is 14.8 Å². The molecule has 0 fully saturated rings. The van der Waals surface area contributed by atoms with Crippen LogP contribution in [0.5, 0.6) is 0 Å². The van der Waals surface area contributed by atoms with Gasteiger partial charge in [0.25, 0.3) is 0 Å². The second-order valence-electron chi connectivity index (χ2n) is 4.20. The Balaban J connectivity index is 2.19. The van der Waals surface area contributed by atoms with Crippen molar-refractivity contribution in [2.75, 3.05) is 12.8 Å². The first-order valence-electron chi connectivity index (χ1n) is 5.99. The Hall–Kier alpha value is -2.08. The van der Waals surface area contributed by atoms with E-state index in [9.17, 15) is 4.79 Å². The van der Waals surface area contributed by atoms with Crippen molar-refractivity contribution in [3.63, 3.8) is 0 Å². The number of nitrogen functional groups attached to an aromatic ring is 1. The van der Waals surface area contributed by atoms with E-state index in [1.807, 2.05) is 19.1 Å². The molecule has 0 aliphatic heterocycles. The van der Waals surface area contributed by atoms with Crippen LogP contribution in [0.1, 0.15) is 21.5 Å². The number of nitrogens with two attached hydrogens (primary N) is 1. The second-order valence-corrected chi connectivity index (χ2v) is 5.15. The van der Waals surface area contributed by atoms with Crippen LogP contribution in [-0.4, -0.2) is 23.0 Å². The molecular weight excluding hydrogens is 274 g/mol. The van der Waals surface area contributed by atoms with Gasteiger partial charge in [0, 0.05) is 23.8 Å². The van der Waals surface area contributed by atoms with E-state index in [1.54, 1.807) is 18.5 Å². The first-order chi connectivity index (χ1) is 9.61. The van der Waals surface area contributed by atoms with E-state index in [0.717, 1.165) is 11.1 Å². The Morgan fingerprint density at radius 3 is 2.70 bits per heavy atom. The summed E-state index contributed by atoms with van der Waals surface area (Å²) in [6, 6.07) is 5.35. The third kappa shape index (κ3) is 3.27. The van der Waals surface area contributed by atoms with E-state index < -0.39 is 5.97 Å². The number of ether oxygens (including phenoxy) is 1. The summed E-state index contributed by atoms with van der Waals surface area (Å²) in [7, 11) is 1.34. The summed E-state index contributed by atoms with van der Waals surface area (Å²) in [6.07, 6.45) is 3.52. The molecule has 0 bridgehead atoms. The molecule has 104 valence electrons. The molecule has 0 amide bonds. The fourth-order valence-electron chi connectivity index (χ4n) is 1.69. The number of nitrogens with zero attached hydrogens (tertiary/aromatic N) is 2. The number of aromatic nitrogens is 2. The number of thioether (sulfide) groups is 1. The minimum Gasteiger partial charge on any atom is -0.465 e. The molecule has 0 saturated heterocycles.